The molecule has 4 atom stereocenters. The molecule has 120 valence electrons. The van der Waals surface area contributed by atoms with Crippen LogP contribution >= 0.6 is 0 Å². The van der Waals surface area contributed by atoms with Gasteiger partial charge in [0, 0.05) is 19.1 Å². The number of urea groups is 1. The lowest BCUT2D eigenvalue weighted by Gasteiger charge is -2.37. The predicted octanol–water partition coefficient (Wildman–Crippen LogP) is 2.85. The Morgan fingerprint density at radius 2 is 1.81 bits per heavy atom. The number of carbonyl (C=O) groups is 2. The molecule has 0 aliphatic heterocycles. The van der Waals surface area contributed by atoms with E-state index in [1.807, 2.05) is 11.9 Å². The molecule has 4 unspecified atom stereocenters. The fraction of sp³-hybridized carbons (Fsp3) is 0.875. The number of nitrogens with one attached hydrogen (secondary N) is 1. The van der Waals surface area contributed by atoms with Gasteiger partial charge in [-0.25, -0.2) is 4.79 Å². The summed E-state index contributed by atoms with van der Waals surface area (Å²) in [6.45, 7) is 2.22. The summed E-state index contributed by atoms with van der Waals surface area (Å²) >= 11 is 0. The minimum absolute atomic E-state index is 0.00805. The van der Waals surface area contributed by atoms with Crippen LogP contribution in [0.3, 0.4) is 0 Å². The van der Waals surface area contributed by atoms with Gasteiger partial charge < -0.3 is 15.3 Å². The number of carbonyl (C=O) groups excluding carboxylic acids is 1. The molecule has 2 rings (SSSR count). The van der Waals surface area contributed by atoms with Crippen LogP contribution in [0.25, 0.3) is 0 Å². The van der Waals surface area contributed by atoms with E-state index in [0.29, 0.717) is 18.4 Å². The lowest BCUT2D eigenvalue weighted by atomic mass is 9.85. The molecule has 2 N–H and O–H groups in total. The zero-order valence-electron chi connectivity index (χ0n) is 13.2. The van der Waals surface area contributed by atoms with Crippen LogP contribution in [-0.2, 0) is 4.79 Å². The van der Waals surface area contributed by atoms with E-state index >= 15 is 0 Å². The summed E-state index contributed by atoms with van der Waals surface area (Å²) in [5, 5.41) is 12.2. The van der Waals surface area contributed by atoms with Crippen LogP contribution < -0.4 is 5.32 Å². The molecule has 5 heteroatoms. The molecule has 0 aromatic carbocycles. The fourth-order valence-electron chi connectivity index (χ4n) is 3.84. The van der Waals surface area contributed by atoms with Gasteiger partial charge in [0.25, 0.3) is 0 Å². The van der Waals surface area contributed by atoms with Gasteiger partial charge >= 0.3 is 12.0 Å². The van der Waals surface area contributed by atoms with Crippen molar-refractivity contribution in [3.63, 3.8) is 0 Å². The largest absolute Gasteiger partial charge is 0.481 e. The Kier molecular flexibility index (Phi) is 5.48. The highest BCUT2D eigenvalue weighted by Crippen LogP contribution is 2.28. The molecule has 21 heavy (non-hydrogen) atoms. The van der Waals surface area contributed by atoms with Gasteiger partial charge in [0.2, 0.25) is 0 Å². The predicted molar refractivity (Wildman–Crippen MR) is 81.1 cm³/mol. The first-order chi connectivity index (χ1) is 9.99. The van der Waals surface area contributed by atoms with Crippen molar-refractivity contribution in [2.24, 2.45) is 11.8 Å². The van der Waals surface area contributed by atoms with E-state index in [0.717, 1.165) is 25.7 Å². The molecule has 0 heterocycles. The third-order valence-corrected chi connectivity index (χ3v) is 5.24. The average molecular weight is 296 g/mol. The second-order valence-electron chi connectivity index (χ2n) is 6.79. The quantitative estimate of drug-likeness (QED) is 0.841. The lowest BCUT2D eigenvalue weighted by molar-refractivity contribution is -0.143. The molecule has 5 nitrogen and oxygen atoms in total. The van der Waals surface area contributed by atoms with Crippen molar-refractivity contribution in [3.8, 4) is 0 Å². The normalized spacial score (nSPS) is 33.2. The van der Waals surface area contributed by atoms with Crippen LogP contribution in [0.4, 0.5) is 4.79 Å². The molecule has 2 aliphatic carbocycles. The van der Waals surface area contributed by atoms with E-state index < -0.39 is 5.97 Å². The zero-order valence-corrected chi connectivity index (χ0v) is 13.2. The van der Waals surface area contributed by atoms with E-state index in [1.54, 1.807) is 0 Å². The second-order valence-corrected chi connectivity index (χ2v) is 6.79. The summed E-state index contributed by atoms with van der Waals surface area (Å²) in [7, 11) is 1.87. The molecule has 2 fully saturated rings. The van der Waals surface area contributed by atoms with Gasteiger partial charge in [-0.1, -0.05) is 26.2 Å². The van der Waals surface area contributed by atoms with Gasteiger partial charge in [0.15, 0.2) is 0 Å². The van der Waals surface area contributed by atoms with Gasteiger partial charge in [-0.05, 0) is 38.0 Å². The van der Waals surface area contributed by atoms with E-state index in [2.05, 4.69) is 12.2 Å². The van der Waals surface area contributed by atoms with Crippen molar-refractivity contribution in [2.45, 2.75) is 70.4 Å². The Morgan fingerprint density at radius 3 is 2.48 bits per heavy atom. The Bertz CT molecular complexity index is 386. The van der Waals surface area contributed by atoms with Crippen LogP contribution in [0.5, 0.6) is 0 Å². The fourth-order valence-corrected chi connectivity index (χ4v) is 3.84. The molecule has 0 saturated heterocycles. The van der Waals surface area contributed by atoms with Crippen molar-refractivity contribution in [2.75, 3.05) is 7.05 Å². The molecule has 0 radical (unpaired) electrons. The molecule has 0 aromatic heterocycles. The molecule has 0 aromatic rings. The molecule has 2 aliphatic rings. The Labute approximate surface area is 127 Å². The molecule has 0 bridgehead atoms. The number of aliphatic carboxylic acids is 1. The number of rotatable bonds is 3. The topological polar surface area (TPSA) is 69.6 Å². The first-order valence-electron chi connectivity index (χ1n) is 8.25. The summed E-state index contributed by atoms with van der Waals surface area (Å²) in [4.78, 5) is 25.3. The van der Waals surface area contributed by atoms with Crippen LogP contribution in [0.2, 0.25) is 0 Å². The highest BCUT2D eigenvalue weighted by atomic mass is 16.4. The van der Waals surface area contributed by atoms with E-state index in [1.165, 1.54) is 19.3 Å². The SMILES string of the molecule is CC1CCCCC1N(C)C(=O)NC1CCCC(C(=O)O)C1. The van der Waals surface area contributed by atoms with E-state index in [4.69, 9.17) is 5.11 Å². The highest BCUT2D eigenvalue weighted by Gasteiger charge is 2.31. The Morgan fingerprint density at radius 1 is 1.10 bits per heavy atom. The maximum Gasteiger partial charge on any atom is 0.317 e. The van der Waals surface area contributed by atoms with E-state index in [9.17, 15) is 9.59 Å². The number of hydrogen-bond donors (Lipinski definition) is 2. The first kappa shape index (κ1) is 16.1. The van der Waals surface area contributed by atoms with Gasteiger partial charge in [-0.15, -0.1) is 0 Å². The number of carboxylic acids is 1. The second kappa shape index (κ2) is 7.14. The third kappa shape index (κ3) is 4.11. The number of hydrogen-bond acceptors (Lipinski definition) is 2. The van der Waals surface area contributed by atoms with Crippen molar-refractivity contribution in [3.05, 3.63) is 0 Å². The average Bonchev–Trinajstić information content (AvgIpc) is 2.47. The Balaban J connectivity index is 1.86. The van der Waals surface area contributed by atoms with Crippen molar-refractivity contribution >= 4 is 12.0 Å². The summed E-state index contributed by atoms with van der Waals surface area (Å²) < 4.78 is 0. The van der Waals surface area contributed by atoms with Crippen LogP contribution in [0, 0.1) is 11.8 Å². The molecular weight excluding hydrogens is 268 g/mol. The van der Waals surface area contributed by atoms with Crippen molar-refractivity contribution < 1.29 is 14.7 Å². The molecule has 2 amide bonds. The minimum atomic E-state index is -0.733. The smallest absolute Gasteiger partial charge is 0.317 e. The first-order valence-corrected chi connectivity index (χ1v) is 8.25. The van der Waals surface area contributed by atoms with E-state index in [-0.39, 0.29) is 18.0 Å². The van der Waals surface area contributed by atoms with Gasteiger partial charge in [-0.2, -0.15) is 0 Å². The van der Waals surface area contributed by atoms with Crippen LogP contribution in [-0.4, -0.2) is 41.1 Å². The van der Waals surface area contributed by atoms with Crippen LogP contribution in [0.15, 0.2) is 0 Å². The molecule has 0 spiro atoms. The summed E-state index contributed by atoms with van der Waals surface area (Å²) in [6.07, 6.45) is 7.79. The maximum atomic E-state index is 12.4. The molecule has 2 saturated carbocycles. The standard InChI is InChI=1S/C16H28N2O3/c1-11-6-3-4-9-14(11)18(2)16(21)17-13-8-5-7-12(10-13)15(19)20/h11-14H,3-10H2,1-2H3,(H,17,21)(H,19,20). The third-order valence-electron chi connectivity index (χ3n) is 5.24. The zero-order chi connectivity index (χ0) is 15.4. The highest BCUT2D eigenvalue weighted by molar-refractivity contribution is 5.75. The van der Waals surface area contributed by atoms with Gasteiger partial charge in [-0.3, -0.25) is 4.79 Å². The number of carboxylic acid groups (broad SMARTS) is 1. The minimum Gasteiger partial charge on any atom is -0.481 e. The number of nitrogens with zero attached hydrogens (tertiary/aromatic N) is 1. The molecular formula is C16H28N2O3. The number of amides is 2. The van der Waals surface area contributed by atoms with Crippen molar-refractivity contribution in [1.82, 2.24) is 10.2 Å². The summed E-state index contributed by atoms with van der Waals surface area (Å²) in [5.41, 5.74) is 0. The van der Waals surface area contributed by atoms with Gasteiger partial charge in [0.05, 0.1) is 5.92 Å². The van der Waals surface area contributed by atoms with Gasteiger partial charge in [0.1, 0.15) is 0 Å². The summed E-state index contributed by atoms with van der Waals surface area (Å²) in [5.74, 6) is -0.487. The Hall–Kier alpha value is -1.26. The monoisotopic (exact) mass is 296 g/mol. The van der Waals surface area contributed by atoms with Crippen molar-refractivity contribution in [1.29, 1.82) is 0 Å². The summed E-state index contributed by atoms with van der Waals surface area (Å²) in [6, 6.07) is 0.288. The maximum absolute atomic E-state index is 12.4. The van der Waals surface area contributed by atoms with Crippen LogP contribution in [0.1, 0.15) is 58.3 Å². The lowest BCUT2D eigenvalue weighted by Crippen LogP contribution is -2.51.